The number of non-ortho nitro benzene ring substituents is 1. The van der Waals surface area contributed by atoms with Crippen LogP contribution >= 0.6 is 0 Å². The van der Waals surface area contributed by atoms with Crippen LogP contribution in [-0.4, -0.2) is 47.2 Å². The van der Waals surface area contributed by atoms with Gasteiger partial charge in [-0.15, -0.1) is 0 Å². The maximum atomic E-state index is 11.4. The fourth-order valence-electron chi connectivity index (χ4n) is 3.89. The molecule has 2 aliphatic rings. The Morgan fingerprint density at radius 3 is 2.70 bits per heavy atom. The van der Waals surface area contributed by atoms with E-state index in [9.17, 15) is 20.5 Å². The number of guanidine groups is 1. The van der Waals surface area contributed by atoms with Crippen LogP contribution in [0.2, 0.25) is 0 Å². The molecule has 0 saturated carbocycles. The predicted octanol–water partition coefficient (Wildman–Crippen LogP) is 1.74. The van der Waals surface area contributed by atoms with Crippen LogP contribution in [0.5, 0.6) is 5.75 Å². The lowest BCUT2D eigenvalue weighted by Crippen LogP contribution is -2.62. The topological polar surface area (TPSA) is 151 Å². The number of fused-ring (bicyclic) bond motifs is 1. The summed E-state index contributed by atoms with van der Waals surface area (Å²) in [5, 5.41) is 37.4. The molecule has 33 heavy (non-hydrogen) atoms. The highest BCUT2D eigenvalue weighted by Crippen LogP contribution is 2.44. The molecule has 3 N–H and O–H groups in total. The van der Waals surface area contributed by atoms with Crippen molar-refractivity contribution < 1.29 is 24.2 Å². The fraction of sp³-hybridized carbons (Fsp3) is 0.364. The minimum absolute atomic E-state index is 0.0976. The first-order valence-corrected chi connectivity index (χ1v) is 10.3. The number of aliphatic imine (C=N–C) groups is 1. The summed E-state index contributed by atoms with van der Waals surface area (Å²) in [4.78, 5) is 15.2. The minimum atomic E-state index is -1.32. The lowest BCUT2D eigenvalue weighted by atomic mass is 9.84. The van der Waals surface area contributed by atoms with Crippen molar-refractivity contribution in [3.05, 3.63) is 69.8 Å². The van der Waals surface area contributed by atoms with Gasteiger partial charge in [0.05, 0.1) is 30.7 Å². The van der Waals surface area contributed by atoms with Gasteiger partial charge in [-0.25, -0.2) is 4.99 Å². The summed E-state index contributed by atoms with van der Waals surface area (Å²) in [5.41, 5.74) is -0.226. The van der Waals surface area contributed by atoms with Gasteiger partial charge in [-0.1, -0.05) is 30.3 Å². The molecule has 172 valence electrons. The first-order valence-electron chi connectivity index (χ1n) is 10.3. The maximum absolute atomic E-state index is 11.4. The Labute approximate surface area is 189 Å². The van der Waals surface area contributed by atoms with E-state index in [1.807, 2.05) is 36.5 Å². The number of nitrogens with zero attached hydrogens (tertiary/aromatic N) is 3. The van der Waals surface area contributed by atoms with Gasteiger partial charge in [0, 0.05) is 17.7 Å². The normalized spacial score (nSPS) is 24.9. The highest BCUT2D eigenvalue weighted by Gasteiger charge is 2.54. The number of ether oxygens (including phenoxy) is 3. The van der Waals surface area contributed by atoms with E-state index in [0.29, 0.717) is 24.5 Å². The van der Waals surface area contributed by atoms with E-state index in [1.165, 1.54) is 18.2 Å². The smallest absolute Gasteiger partial charge is 0.270 e. The number of hydrogen-bond donors (Lipinski definition) is 3. The summed E-state index contributed by atoms with van der Waals surface area (Å²) >= 11 is 0. The molecule has 0 aromatic heterocycles. The van der Waals surface area contributed by atoms with Crippen molar-refractivity contribution in [2.45, 2.75) is 37.5 Å². The van der Waals surface area contributed by atoms with E-state index in [1.54, 1.807) is 6.92 Å². The van der Waals surface area contributed by atoms with Gasteiger partial charge >= 0.3 is 0 Å². The van der Waals surface area contributed by atoms with E-state index in [4.69, 9.17) is 14.2 Å². The van der Waals surface area contributed by atoms with Crippen LogP contribution < -0.4 is 15.4 Å². The van der Waals surface area contributed by atoms with Gasteiger partial charge in [0.25, 0.3) is 5.69 Å². The van der Waals surface area contributed by atoms with Gasteiger partial charge < -0.3 is 24.6 Å². The minimum Gasteiger partial charge on any atom is -0.479 e. The molecule has 0 unspecified atom stereocenters. The van der Waals surface area contributed by atoms with Crippen molar-refractivity contribution in [3.63, 3.8) is 0 Å². The molecule has 0 spiro atoms. The van der Waals surface area contributed by atoms with Crippen LogP contribution in [0.1, 0.15) is 24.1 Å². The van der Waals surface area contributed by atoms with Crippen LogP contribution in [0.3, 0.4) is 0 Å². The Morgan fingerprint density at radius 2 is 2.03 bits per heavy atom. The molecule has 4 rings (SSSR count). The van der Waals surface area contributed by atoms with Crippen LogP contribution in [0, 0.1) is 21.6 Å². The molecular formula is C22H23N5O6. The lowest BCUT2D eigenvalue weighted by Gasteiger charge is -2.46. The summed E-state index contributed by atoms with van der Waals surface area (Å²) in [5.74, 6) is 0.421. The second-order valence-corrected chi connectivity index (χ2v) is 7.79. The second-order valence-electron chi connectivity index (χ2n) is 7.79. The molecule has 0 aliphatic carbocycles. The highest BCUT2D eigenvalue weighted by molar-refractivity contribution is 5.82. The van der Waals surface area contributed by atoms with Gasteiger partial charge in [-0.05, 0) is 18.6 Å². The van der Waals surface area contributed by atoms with Crippen molar-refractivity contribution >= 4 is 11.6 Å². The van der Waals surface area contributed by atoms with Gasteiger partial charge in [-0.2, -0.15) is 5.26 Å². The summed E-state index contributed by atoms with van der Waals surface area (Å²) in [7, 11) is 0. The molecule has 3 atom stereocenters. The number of nitro groups is 1. The molecule has 2 aromatic carbocycles. The Morgan fingerprint density at radius 1 is 1.30 bits per heavy atom. The molecule has 2 aromatic rings. The molecule has 0 amide bonds. The van der Waals surface area contributed by atoms with Crippen LogP contribution in [0.15, 0.2) is 53.5 Å². The van der Waals surface area contributed by atoms with Crippen molar-refractivity contribution in [3.8, 4) is 11.9 Å². The average Bonchev–Trinajstić information content (AvgIpc) is 3.36. The molecule has 1 saturated heterocycles. The number of aliphatic hydroxyl groups excluding tert-OH is 1. The zero-order valence-electron chi connectivity index (χ0n) is 17.8. The third-order valence-electron chi connectivity index (χ3n) is 5.59. The van der Waals surface area contributed by atoms with Crippen molar-refractivity contribution in [1.29, 1.82) is 5.26 Å². The molecule has 1 fully saturated rings. The molecule has 2 aliphatic heterocycles. The molecule has 2 heterocycles. The van der Waals surface area contributed by atoms with E-state index in [2.05, 4.69) is 15.6 Å². The first kappa shape index (κ1) is 22.5. The molecule has 11 nitrogen and oxygen atoms in total. The molecule has 0 radical (unpaired) electrons. The quantitative estimate of drug-likeness (QED) is 0.153. The van der Waals surface area contributed by atoms with E-state index in [-0.39, 0.29) is 18.2 Å². The zero-order valence-corrected chi connectivity index (χ0v) is 17.8. The predicted molar refractivity (Wildman–Crippen MR) is 116 cm³/mol. The number of nitro benzene ring substituents is 1. The Bertz CT molecular complexity index is 1080. The second kappa shape index (κ2) is 9.41. The maximum Gasteiger partial charge on any atom is 0.270 e. The number of benzene rings is 2. The number of aliphatic hydroxyl groups is 1. The number of rotatable bonds is 5. The zero-order chi connectivity index (χ0) is 23.4. The molecule has 0 bridgehead atoms. The van der Waals surface area contributed by atoms with Crippen LogP contribution in [0.4, 0.5) is 5.69 Å². The van der Waals surface area contributed by atoms with Gasteiger partial charge in [0.1, 0.15) is 11.9 Å². The van der Waals surface area contributed by atoms with Crippen molar-refractivity contribution in [2.24, 2.45) is 4.99 Å². The SMILES string of the molecule is C[C@]1(C2OCCO2)Oc2ccc([N+](=O)[O-])cc2[C@@H](NC(=NCc2ccccc2)NC#N)[C@@H]1O. The standard InChI is InChI=1S/C22H23N5O6/c1-22(20-31-9-10-32-20)19(28)18(16-11-15(27(29)30)7-8-17(16)33-22)26-21(25-13-23)24-12-14-5-3-2-4-6-14/h2-8,11,18-20,28H,9-10,12H2,1H3,(H2,24,25,26)/t18-,19+,22+/m1/s1. The number of nitriles is 1. The van der Waals surface area contributed by atoms with E-state index < -0.39 is 29.0 Å². The highest BCUT2D eigenvalue weighted by atomic mass is 16.7. The summed E-state index contributed by atoms with van der Waals surface area (Å²) in [6.45, 7) is 2.61. The van der Waals surface area contributed by atoms with E-state index in [0.717, 1.165) is 5.56 Å². The van der Waals surface area contributed by atoms with Gasteiger partial charge in [0.2, 0.25) is 5.96 Å². The van der Waals surface area contributed by atoms with E-state index >= 15 is 0 Å². The fourth-order valence-corrected chi connectivity index (χ4v) is 3.89. The summed E-state index contributed by atoms with van der Waals surface area (Å²) < 4.78 is 17.3. The lowest BCUT2D eigenvalue weighted by molar-refractivity contribution is -0.385. The Kier molecular flexibility index (Phi) is 6.41. The largest absolute Gasteiger partial charge is 0.479 e. The summed E-state index contributed by atoms with van der Waals surface area (Å²) in [6, 6.07) is 12.6. The summed E-state index contributed by atoms with van der Waals surface area (Å²) in [6.07, 6.45) is -0.295. The van der Waals surface area contributed by atoms with Crippen molar-refractivity contribution in [2.75, 3.05) is 13.2 Å². The number of nitrogens with one attached hydrogen (secondary N) is 2. The molecule has 11 heteroatoms. The molecular weight excluding hydrogens is 430 g/mol. The average molecular weight is 453 g/mol. The third kappa shape index (κ3) is 4.58. The van der Waals surface area contributed by atoms with Gasteiger partial charge in [-0.3, -0.25) is 15.4 Å². The van der Waals surface area contributed by atoms with Crippen molar-refractivity contribution in [1.82, 2.24) is 10.6 Å². The van der Waals surface area contributed by atoms with Crippen LogP contribution in [0.25, 0.3) is 0 Å². The number of hydrogen-bond acceptors (Lipinski definition) is 8. The first-order chi connectivity index (χ1) is 15.9. The monoisotopic (exact) mass is 453 g/mol. The Balaban J connectivity index is 1.70. The van der Waals surface area contributed by atoms with Crippen LogP contribution in [-0.2, 0) is 16.0 Å². The van der Waals surface area contributed by atoms with Gasteiger partial charge in [0.15, 0.2) is 18.1 Å². The third-order valence-corrected chi connectivity index (χ3v) is 5.59. The Hall–Kier alpha value is -3.72.